The zero-order valence-corrected chi connectivity index (χ0v) is 18.6. The molecule has 0 aliphatic carbocycles. The fraction of sp³-hybridized carbons (Fsp3) is 0.348. The molecule has 3 aliphatic heterocycles. The lowest BCUT2D eigenvalue weighted by atomic mass is 10.0. The van der Waals surface area contributed by atoms with Crippen LogP contribution in [0.3, 0.4) is 0 Å². The zero-order valence-electron chi connectivity index (χ0n) is 17.0. The van der Waals surface area contributed by atoms with E-state index in [9.17, 15) is 4.39 Å². The number of anilines is 1. The minimum atomic E-state index is -0.455. The Morgan fingerprint density at radius 3 is 2.58 bits per heavy atom. The van der Waals surface area contributed by atoms with Crippen molar-refractivity contribution in [3.05, 3.63) is 75.2 Å². The molecule has 0 saturated carbocycles. The van der Waals surface area contributed by atoms with Gasteiger partial charge in [-0.05, 0) is 43.2 Å². The Labute approximate surface area is 191 Å². The van der Waals surface area contributed by atoms with E-state index in [-0.39, 0.29) is 11.2 Å². The summed E-state index contributed by atoms with van der Waals surface area (Å²) in [5.41, 5.74) is 8.02. The highest BCUT2D eigenvalue weighted by molar-refractivity contribution is 6.36. The van der Waals surface area contributed by atoms with Crippen LogP contribution >= 0.6 is 23.2 Å². The maximum Gasteiger partial charge on any atom is 0.142 e. The Hall–Kier alpha value is -2.28. The fourth-order valence-corrected chi connectivity index (χ4v) is 4.88. The molecule has 5 nitrogen and oxygen atoms in total. The van der Waals surface area contributed by atoms with Crippen molar-refractivity contribution in [2.24, 2.45) is 5.10 Å². The van der Waals surface area contributed by atoms with Crippen LogP contribution in [0, 0.1) is 5.82 Å². The third-order valence-electron chi connectivity index (χ3n) is 6.11. The smallest absolute Gasteiger partial charge is 0.142 e. The Balaban J connectivity index is 1.40. The van der Waals surface area contributed by atoms with E-state index in [1.807, 2.05) is 0 Å². The van der Waals surface area contributed by atoms with Crippen LogP contribution < -0.4 is 15.6 Å². The van der Waals surface area contributed by atoms with Crippen LogP contribution in [0.5, 0.6) is 0 Å². The molecule has 3 aliphatic rings. The summed E-state index contributed by atoms with van der Waals surface area (Å²) in [6.45, 7) is 4.21. The van der Waals surface area contributed by atoms with Gasteiger partial charge in [0.2, 0.25) is 0 Å². The van der Waals surface area contributed by atoms with E-state index in [2.05, 4.69) is 56.0 Å². The van der Waals surface area contributed by atoms with Crippen LogP contribution in [0.15, 0.2) is 53.3 Å². The third kappa shape index (κ3) is 4.12. The first-order valence-electron chi connectivity index (χ1n) is 10.6. The minimum absolute atomic E-state index is 0.0818. The molecule has 1 unspecified atom stereocenters. The van der Waals surface area contributed by atoms with Gasteiger partial charge in [0.15, 0.2) is 0 Å². The van der Waals surface area contributed by atoms with Crippen molar-refractivity contribution in [3.63, 3.8) is 0 Å². The monoisotopic (exact) mass is 459 g/mol. The lowest BCUT2D eigenvalue weighted by molar-refractivity contribution is 0.237. The average molecular weight is 460 g/mol. The molecular weight excluding hydrogens is 436 g/mol. The number of piperazine rings is 1. The van der Waals surface area contributed by atoms with Gasteiger partial charge in [-0.3, -0.25) is 10.7 Å². The van der Waals surface area contributed by atoms with E-state index >= 15 is 0 Å². The standard InChI is InChI=1S/C23H24Cl2FN5/c24-18-7-8-19(26)22(25)17(18)14-31-12-9-27-23-21(31)13-20(28-29-23)15-3-5-16(6-4-15)30-10-1-2-11-30/h3-8,13,23,27,29H,1-2,9-12,14H2. The topological polar surface area (TPSA) is 42.9 Å². The number of halogens is 3. The van der Waals surface area contributed by atoms with Crippen LogP contribution in [-0.2, 0) is 6.54 Å². The van der Waals surface area contributed by atoms with Gasteiger partial charge in [-0.2, -0.15) is 5.10 Å². The van der Waals surface area contributed by atoms with E-state index < -0.39 is 5.82 Å². The molecule has 0 bridgehead atoms. The maximum atomic E-state index is 14.0. The molecule has 5 rings (SSSR count). The van der Waals surface area contributed by atoms with E-state index in [1.54, 1.807) is 6.07 Å². The van der Waals surface area contributed by atoms with Crippen molar-refractivity contribution in [3.8, 4) is 0 Å². The number of allylic oxidation sites excluding steroid dienone is 1. The van der Waals surface area contributed by atoms with Gasteiger partial charge in [0.05, 0.1) is 16.4 Å². The van der Waals surface area contributed by atoms with E-state index in [0.29, 0.717) is 17.1 Å². The van der Waals surface area contributed by atoms with Crippen molar-refractivity contribution >= 4 is 34.6 Å². The molecule has 2 aromatic rings. The number of rotatable bonds is 4. The molecule has 2 aromatic carbocycles. The number of nitrogens with one attached hydrogen (secondary N) is 2. The quantitative estimate of drug-likeness (QED) is 0.666. The average Bonchev–Trinajstić information content (AvgIpc) is 3.34. The van der Waals surface area contributed by atoms with Gasteiger partial charge >= 0.3 is 0 Å². The Bertz CT molecular complexity index is 1030. The molecule has 31 heavy (non-hydrogen) atoms. The highest BCUT2D eigenvalue weighted by atomic mass is 35.5. The summed E-state index contributed by atoms with van der Waals surface area (Å²) < 4.78 is 14.0. The second kappa shape index (κ2) is 8.69. The molecule has 1 atom stereocenters. The highest BCUT2D eigenvalue weighted by Gasteiger charge is 2.29. The summed E-state index contributed by atoms with van der Waals surface area (Å²) in [5, 5.41) is 8.55. The predicted molar refractivity (Wildman–Crippen MR) is 124 cm³/mol. The molecular formula is C23H24Cl2FN5. The first kappa shape index (κ1) is 20.6. The molecule has 8 heteroatoms. The van der Waals surface area contributed by atoms with Crippen molar-refractivity contribution in [2.45, 2.75) is 25.6 Å². The van der Waals surface area contributed by atoms with Crippen LogP contribution in [0.25, 0.3) is 0 Å². The normalized spacial score (nSPS) is 20.8. The second-order valence-corrected chi connectivity index (χ2v) is 8.85. The molecule has 0 amide bonds. The molecule has 0 spiro atoms. The molecule has 0 aromatic heterocycles. The second-order valence-electron chi connectivity index (χ2n) is 8.07. The zero-order chi connectivity index (χ0) is 21.4. The largest absolute Gasteiger partial charge is 0.372 e. The number of hydrogen-bond donors (Lipinski definition) is 2. The molecule has 162 valence electrons. The molecule has 3 heterocycles. The van der Waals surface area contributed by atoms with Gasteiger partial charge in [0.25, 0.3) is 0 Å². The summed E-state index contributed by atoms with van der Waals surface area (Å²) in [7, 11) is 0. The predicted octanol–water partition coefficient (Wildman–Crippen LogP) is 4.36. The SMILES string of the molecule is Fc1ccc(Cl)c(CN2CCNC3NN=C(c4ccc(N5CCCC5)cc4)C=C32)c1Cl. The van der Waals surface area contributed by atoms with Crippen LogP contribution in [0.1, 0.15) is 24.0 Å². The molecule has 2 N–H and O–H groups in total. The van der Waals surface area contributed by atoms with Crippen molar-refractivity contribution < 1.29 is 4.39 Å². The van der Waals surface area contributed by atoms with E-state index in [0.717, 1.165) is 43.2 Å². The van der Waals surface area contributed by atoms with Gasteiger partial charge in [-0.1, -0.05) is 35.3 Å². The van der Waals surface area contributed by atoms with Gasteiger partial charge in [0.1, 0.15) is 12.0 Å². The maximum absolute atomic E-state index is 14.0. The highest BCUT2D eigenvalue weighted by Crippen LogP contribution is 2.31. The summed E-state index contributed by atoms with van der Waals surface area (Å²) in [4.78, 5) is 4.59. The number of hydrogen-bond acceptors (Lipinski definition) is 5. The molecule has 2 saturated heterocycles. The molecule has 2 fully saturated rings. The number of benzene rings is 2. The Morgan fingerprint density at radius 1 is 1.03 bits per heavy atom. The first-order valence-corrected chi connectivity index (χ1v) is 11.4. The summed E-state index contributed by atoms with van der Waals surface area (Å²) in [5.74, 6) is -0.455. The van der Waals surface area contributed by atoms with E-state index in [1.165, 1.54) is 24.6 Å². The minimum Gasteiger partial charge on any atom is -0.372 e. The van der Waals surface area contributed by atoms with Crippen LogP contribution in [0.4, 0.5) is 10.1 Å². The fourth-order valence-electron chi connectivity index (χ4n) is 4.39. The van der Waals surface area contributed by atoms with Crippen molar-refractivity contribution in [1.29, 1.82) is 0 Å². The van der Waals surface area contributed by atoms with Gasteiger partial charge < -0.3 is 9.80 Å². The van der Waals surface area contributed by atoms with Crippen LogP contribution in [0.2, 0.25) is 10.0 Å². The van der Waals surface area contributed by atoms with Crippen molar-refractivity contribution in [2.75, 3.05) is 31.1 Å². The van der Waals surface area contributed by atoms with Crippen molar-refractivity contribution in [1.82, 2.24) is 15.6 Å². The summed E-state index contributed by atoms with van der Waals surface area (Å²) in [6, 6.07) is 11.4. The number of fused-ring (bicyclic) bond motifs is 1. The summed E-state index contributed by atoms with van der Waals surface area (Å²) in [6.07, 6.45) is 4.49. The lowest BCUT2D eigenvalue weighted by Crippen LogP contribution is -2.55. The van der Waals surface area contributed by atoms with E-state index in [4.69, 9.17) is 23.2 Å². The molecule has 0 radical (unpaired) electrons. The summed E-state index contributed by atoms with van der Waals surface area (Å²) >= 11 is 12.6. The van der Waals surface area contributed by atoms with Gasteiger partial charge in [-0.15, -0.1) is 0 Å². The van der Waals surface area contributed by atoms with Gasteiger partial charge in [0, 0.05) is 54.6 Å². The number of nitrogens with zero attached hydrogens (tertiary/aromatic N) is 3. The Kier molecular flexibility index (Phi) is 5.78. The first-order chi connectivity index (χ1) is 15.1. The third-order valence-corrected chi connectivity index (χ3v) is 6.87. The number of hydrazone groups is 1. The lowest BCUT2D eigenvalue weighted by Gasteiger charge is -2.39. The Morgan fingerprint density at radius 2 is 1.81 bits per heavy atom. The van der Waals surface area contributed by atoms with Gasteiger partial charge in [-0.25, -0.2) is 4.39 Å². The van der Waals surface area contributed by atoms with Crippen LogP contribution in [-0.4, -0.2) is 43.0 Å².